The number of hydrogen-bond acceptors (Lipinski definition) is 3. The molecule has 0 aliphatic heterocycles. The highest BCUT2D eigenvalue weighted by Crippen LogP contribution is 2.26. The molecule has 0 amide bonds. The average molecular weight is 295 g/mol. The fourth-order valence-corrected chi connectivity index (χ4v) is 2.13. The molecule has 0 bridgehead atoms. The minimum atomic E-state index is 0.580. The van der Waals surface area contributed by atoms with Gasteiger partial charge < -0.3 is 9.73 Å². The summed E-state index contributed by atoms with van der Waals surface area (Å²) >= 11 is 3.48. The van der Waals surface area contributed by atoms with E-state index in [0.29, 0.717) is 11.8 Å². The van der Waals surface area contributed by atoms with Gasteiger partial charge in [-0.25, -0.2) is 0 Å². The maximum atomic E-state index is 5.65. The molecule has 17 heavy (non-hydrogen) atoms. The van der Waals surface area contributed by atoms with Crippen LogP contribution in [0.25, 0.3) is 11.5 Å². The number of aromatic nitrogens is 2. The summed E-state index contributed by atoms with van der Waals surface area (Å²) < 4.78 is 6.62. The van der Waals surface area contributed by atoms with Gasteiger partial charge in [-0.2, -0.15) is 0 Å². The normalized spacial score (nSPS) is 15.1. The fraction of sp³-hybridized carbons (Fsp3) is 0.333. The molecule has 0 atom stereocenters. The molecule has 1 aliphatic rings. The lowest BCUT2D eigenvalue weighted by atomic mass is 10.2. The number of rotatable bonds is 4. The van der Waals surface area contributed by atoms with Crippen molar-refractivity contribution >= 4 is 15.9 Å². The van der Waals surface area contributed by atoms with Crippen LogP contribution in [0.15, 0.2) is 33.2 Å². The Labute approximate surface area is 108 Å². The predicted molar refractivity (Wildman–Crippen MR) is 66.1 cm³/mol. The first-order chi connectivity index (χ1) is 8.33. The zero-order chi connectivity index (χ0) is 11.7. The van der Waals surface area contributed by atoms with E-state index in [1.54, 1.807) is 0 Å². The summed E-state index contributed by atoms with van der Waals surface area (Å²) in [6, 6.07) is 8.63. The van der Waals surface area contributed by atoms with Gasteiger partial charge in [0.25, 0.3) is 5.89 Å². The quantitative estimate of drug-likeness (QED) is 0.934. The minimum Gasteiger partial charge on any atom is -0.415 e. The monoisotopic (exact) mass is 294 g/mol. The molecule has 0 unspecified atom stereocenters. The molecule has 0 spiro atoms. The molecular formula is C12H13BrN3O+. The van der Waals surface area contributed by atoms with Gasteiger partial charge in [0.05, 0.1) is 11.6 Å². The Balaban J connectivity index is 1.77. The summed E-state index contributed by atoms with van der Waals surface area (Å²) in [5, 5.41) is 10.4. The molecule has 3 rings (SSSR count). The maximum absolute atomic E-state index is 5.65. The van der Waals surface area contributed by atoms with Crippen molar-refractivity contribution in [1.82, 2.24) is 10.2 Å². The van der Waals surface area contributed by atoms with Crippen molar-refractivity contribution in [2.75, 3.05) is 0 Å². The number of nitrogens with two attached hydrogens (primary N) is 1. The van der Waals surface area contributed by atoms with E-state index in [1.165, 1.54) is 12.8 Å². The highest BCUT2D eigenvalue weighted by Gasteiger charge is 2.25. The molecule has 2 N–H and O–H groups in total. The van der Waals surface area contributed by atoms with E-state index >= 15 is 0 Å². The van der Waals surface area contributed by atoms with E-state index in [2.05, 4.69) is 31.4 Å². The van der Waals surface area contributed by atoms with Gasteiger partial charge >= 0.3 is 0 Å². The van der Waals surface area contributed by atoms with Crippen LogP contribution in [-0.4, -0.2) is 16.2 Å². The Bertz CT molecular complexity index is 522. The maximum Gasteiger partial charge on any atom is 0.271 e. The summed E-state index contributed by atoms with van der Waals surface area (Å²) in [6.07, 6.45) is 2.62. The van der Waals surface area contributed by atoms with Gasteiger partial charge in [-0.05, 0) is 28.1 Å². The Morgan fingerprint density at radius 2 is 2.12 bits per heavy atom. The van der Waals surface area contributed by atoms with Gasteiger partial charge in [-0.1, -0.05) is 12.1 Å². The van der Waals surface area contributed by atoms with Gasteiger partial charge in [0, 0.05) is 17.3 Å². The largest absolute Gasteiger partial charge is 0.415 e. The van der Waals surface area contributed by atoms with Gasteiger partial charge in [-0.3, -0.25) is 0 Å². The van der Waals surface area contributed by atoms with Crippen molar-refractivity contribution < 1.29 is 9.73 Å². The Morgan fingerprint density at radius 1 is 1.29 bits per heavy atom. The molecule has 0 saturated heterocycles. The summed E-state index contributed by atoms with van der Waals surface area (Å²) in [5.74, 6) is 1.28. The number of quaternary nitrogens is 1. The SMILES string of the molecule is Brc1ccccc1-c1nnc(C[NH2+]C2CC2)o1. The van der Waals surface area contributed by atoms with Crippen LogP contribution >= 0.6 is 15.9 Å². The smallest absolute Gasteiger partial charge is 0.271 e. The van der Waals surface area contributed by atoms with Crippen molar-refractivity contribution in [3.05, 3.63) is 34.6 Å². The molecular weight excluding hydrogens is 282 g/mol. The second-order valence-corrected chi connectivity index (χ2v) is 5.11. The zero-order valence-electron chi connectivity index (χ0n) is 9.27. The van der Waals surface area contributed by atoms with Gasteiger partial charge in [0.15, 0.2) is 6.54 Å². The molecule has 4 nitrogen and oxygen atoms in total. The van der Waals surface area contributed by atoms with Crippen molar-refractivity contribution in [2.45, 2.75) is 25.4 Å². The highest BCUT2D eigenvalue weighted by molar-refractivity contribution is 9.10. The Morgan fingerprint density at radius 3 is 2.88 bits per heavy atom. The number of halogens is 1. The first-order valence-electron chi connectivity index (χ1n) is 5.73. The van der Waals surface area contributed by atoms with Crippen molar-refractivity contribution in [3.63, 3.8) is 0 Å². The predicted octanol–water partition coefficient (Wildman–Crippen LogP) is 1.72. The summed E-state index contributed by atoms with van der Waals surface area (Å²) in [4.78, 5) is 0. The standard InChI is InChI=1S/C12H12BrN3O/c13-10-4-2-1-3-9(10)12-16-15-11(17-12)7-14-8-5-6-8/h1-4,8,14H,5-7H2/p+1. The molecule has 1 saturated carbocycles. The minimum absolute atomic E-state index is 0.580. The second kappa shape index (κ2) is 4.58. The van der Waals surface area contributed by atoms with Crippen LogP contribution in [0.4, 0.5) is 0 Å². The Kier molecular flexibility index (Phi) is 2.94. The van der Waals surface area contributed by atoms with E-state index in [0.717, 1.165) is 22.6 Å². The molecule has 1 fully saturated rings. The lowest BCUT2D eigenvalue weighted by molar-refractivity contribution is -0.686. The first-order valence-corrected chi connectivity index (χ1v) is 6.53. The van der Waals surface area contributed by atoms with Crippen LogP contribution in [0.1, 0.15) is 18.7 Å². The van der Waals surface area contributed by atoms with E-state index < -0.39 is 0 Å². The summed E-state index contributed by atoms with van der Waals surface area (Å²) in [5.41, 5.74) is 0.942. The van der Waals surface area contributed by atoms with Crippen LogP contribution in [0.5, 0.6) is 0 Å². The van der Waals surface area contributed by atoms with E-state index in [-0.39, 0.29) is 0 Å². The van der Waals surface area contributed by atoms with Crippen LogP contribution in [-0.2, 0) is 6.54 Å². The third kappa shape index (κ3) is 2.56. The summed E-state index contributed by atoms with van der Waals surface area (Å²) in [6.45, 7) is 0.780. The molecule has 1 heterocycles. The molecule has 5 heteroatoms. The van der Waals surface area contributed by atoms with Gasteiger partial charge in [-0.15, -0.1) is 10.2 Å². The van der Waals surface area contributed by atoms with Crippen molar-refractivity contribution in [2.24, 2.45) is 0 Å². The van der Waals surface area contributed by atoms with E-state index in [4.69, 9.17) is 4.42 Å². The first kappa shape index (κ1) is 10.9. The topological polar surface area (TPSA) is 55.5 Å². The lowest BCUT2D eigenvalue weighted by Crippen LogP contribution is -2.84. The second-order valence-electron chi connectivity index (χ2n) is 4.26. The zero-order valence-corrected chi connectivity index (χ0v) is 10.9. The van der Waals surface area contributed by atoms with Crippen LogP contribution in [0.2, 0.25) is 0 Å². The average Bonchev–Trinajstić information content (AvgIpc) is 3.06. The van der Waals surface area contributed by atoms with Crippen molar-refractivity contribution in [3.8, 4) is 11.5 Å². The molecule has 1 aliphatic carbocycles. The fourth-order valence-electron chi connectivity index (χ4n) is 1.68. The van der Waals surface area contributed by atoms with Crippen LogP contribution in [0, 0.1) is 0 Å². The van der Waals surface area contributed by atoms with E-state index in [1.807, 2.05) is 24.3 Å². The van der Waals surface area contributed by atoms with Crippen molar-refractivity contribution in [1.29, 1.82) is 0 Å². The molecule has 2 aromatic rings. The van der Waals surface area contributed by atoms with Gasteiger partial charge in [0.2, 0.25) is 5.89 Å². The molecule has 0 radical (unpaired) electrons. The highest BCUT2D eigenvalue weighted by atomic mass is 79.9. The number of benzene rings is 1. The van der Waals surface area contributed by atoms with Crippen LogP contribution in [0.3, 0.4) is 0 Å². The number of hydrogen-bond donors (Lipinski definition) is 1. The third-order valence-corrected chi connectivity index (χ3v) is 3.51. The molecule has 88 valence electrons. The number of nitrogens with zero attached hydrogens (tertiary/aromatic N) is 2. The van der Waals surface area contributed by atoms with E-state index in [9.17, 15) is 0 Å². The molecule has 1 aromatic carbocycles. The Hall–Kier alpha value is -1.20. The molecule has 1 aromatic heterocycles. The summed E-state index contributed by atoms with van der Waals surface area (Å²) in [7, 11) is 0. The lowest BCUT2D eigenvalue weighted by Gasteiger charge is -1.97. The third-order valence-electron chi connectivity index (χ3n) is 2.82. The van der Waals surface area contributed by atoms with Crippen LogP contribution < -0.4 is 5.32 Å². The van der Waals surface area contributed by atoms with Gasteiger partial charge in [0.1, 0.15) is 0 Å².